The largest absolute Gasteiger partial charge is 0.311 e. The van der Waals surface area contributed by atoms with Gasteiger partial charge >= 0.3 is 0 Å². The molecule has 3 rings (SSSR count). The second kappa shape index (κ2) is 5.25. The molecule has 1 fully saturated rings. The van der Waals surface area contributed by atoms with Gasteiger partial charge in [-0.1, -0.05) is 56.1 Å². The Labute approximate surface area is 129 Å². The van der Waals surface area contributed by atoms with Crippen molar-refractivity contribution in [1.82, 2.24) is 0 Å². The summed E-state index contributed by atoms with van der Waals surface area (Å²) in [6, 6.07) is 12.2. The first-order valence-corrected chi connectivity index (χ1v) is 8.02. The predicted octanol–water partition coefficient (Wildman–Crippen LogP) is 4.49. The predicted molar refractivity (Wildman–Crippen MR) is 86.0 cm³/mol. The highest BCUT2D eigenvalue weighted by atomic mass is 79.9. The lowest BCUT2D eigenvalue weighted by atomic mass is 10.0. The van der Waals surface area contributed by atoms with Crippen molar-refractivity contribution in [3.05, 3.63) is 40.9 Å². The maximum atomic E-state index is 12.3. The van der Waals surface area contributed by atoms with Crippen LogP contribution in [0, 0.1) is 0 Å². The first-order valence-electron chi connectivity index (χ1n) is 6.31. The van der Waals surface area contributed by atoms with Gasteiger partial charge in [0.05, 0.1) is 10.5 Å². The Kier molecular flexibility index (Phi) is 3.63. The lowest BCUT2D eigenvalue weighted by Gasteiger charge is -2.30. The number of benzene rings is 2. The molecular weight excluding hydrogens is 370 g/mol. The van der Waals surface area contributed by atoms with Crippen LogP contribution in [0.4, 0.5) is 5.69 Å². The zero-order chi connectivity index (χ0) is 13.4. The highest BCUT2D eigenvalue weighted by molar-refractivity contribution is 9.10. The quantitative estimate of drug-likeness (QED) is 0.665. The van der Waals surface area contributed by atoms with Crippen molar-refractivity contribution >= 4 is 54.2 Å². The van der Waals surface area contributed by atoms with Crippen molar-refractivity contribution in [2.75, 3.05) is 11.4 Å². The van der Waals surface area contributed by atoms with Crippen LogP contribution in [0.2, 0.25) is 0 Å². The van der Waals surface area contributed by atoms with Crippen molar-refractivity contribution in [1.29, 1.82) is 0 Å². The van der Waals surface area contributed by atoms with E-state index in [1.807, 2.05) is 29.2 Å². The maximum Gasteiger partial charge on any atom is 0.240 e. The van der Waals surface area contributed by atoms with E-state index in [0.717, 1.165) is 40.3 Å². The van der Waals surface area contributed by atoms with Crippen molar-refractivity contribution in [3.63, 3.8) is 0 Å². The molecule has 98 valence electrons. The first-order chi connectivity index (χ1) is 9.18. The number of piperidine rings is 1. The molecule has 1 heterocycles. The molecule has 2 aromatic carbocycles. The minimum absolute atomic E-state index is 0.0522. The third kappa shape index (κ3) is 2.32. The number of rotatable bonds is 1. The van der Waals surface area contributed by atoms with Crippen LogP contribution in [-0.2, 0) is 4.79 Å². The van der Waals surface area contributed by atoms with Gasteiger partial charge < -0.3 is 4.90 Å². The number of carbonyl (C=O) groups is 1. The van der Waals surface area contributed by atoms with Crippen LogP contribution in [0.15, 0.2) is 40.9 Å². The smallest absolute Gasteiger partial charge is 0.240 e. The van der Waals surface area contributed by atoms with Gasteiger partial charge in [0.1, 0.15) is 0 Å². The van der Waals surface area contributed by atoms with Crippen LogP contribution in [-0.4, -0.2) is 17.3 Å². The second-order valence-electron chi connectivity index (χ2n) is 4.71. The molecule has 1 atom stereocenters. The normalized spacial score (nSPS) is 20.0. The van der Waals surface area contributed by atoms with Crippen LogP contribution in [0.25, 0.3) is 10.8 Å². The molecule has 0 bridgehead atoms. The Balaban J connectivity index is 2.15. The standard InChI is InChI=1S/C15H13Br2NO/c16-12-7-8-14(11-5-2-1-4-10(11)12)18-9-3-6-13(17)15(18)19/h1-2,4-5,7-8,13H,3,6,9H2. The van der Waals surface area contributed by atoms with Gasteiger partial charge in [-0.3, -0.25) is 4.79 Å². The molecule has 0 N–H and O–H groups in total. The van der Waals surface area contributed by atoms with Crippen molar-refractivity contribution in [2.24, 2.45) is 0 Å². The van der Waals surface area contributed by atoms with E-state index in [9.17, 15) is 4.79 Å². The molecule has 1 aliphatic heterocycles. The molecule has 2 nitrogen and oxygen atoms in total. The fraction of sp³-hybridized carbons (Fsp3) is 0.267. The average molecular weight is 383 g/mol. The molecule has 1 unspecified atom stereocenters. The summed E-state index contributed by atoms with van der Waals surface area (Å²) in [7, 11) is 0. The summed E-state index contributed by atoms with van der Waals surface area (Å²) < 4.78 is 1.06. The van der Waals surface area contributed by atoms with Crippen molar-refractivity contribution < 1.29 is 4.79 Å². The Hall–Kier alpha value is -0.870. The molecule has 1 aliphatic rings. The highest BCUT2D eigenvalue weighted by Gasteiger charge is 2.28. The minimum Gasteiger partial charge on any atom is -0.311 e. The number of alkyl halides is 1. The van der Waals surface area contributed by atoms with Gasteiger partial charge in [0, 0.05) is 16.4 Å². The zero-order valence-corrected chi connectivity index (χ0v) is 13.4. The van der Waals surface area contributed by atoms with Crippen LogP contribution < -0.4 is 4.90 Å². The number of fused-ring (bicyclic) bond motifs is 1. The summed E-state index contributed by atoms with van der Waals surface area (Å²) in [4.78, 5) is 14.2. The van der Waals surface area contributed by atoms with Crippen LogP contribution >= 0.6 is 31.9 Å². The Bertz CT molecular complexity index is 641. The fourth-order valence-electron chi connectivity index (χ4n) is 2.55. The number of nitrogens with zero attached hydrogens (tertiary/aromatic N) is 1. The third-order valence-corrected chi connectivity index (χ3v) is 5.05. The summed E-state index contributed by atoms with van der Waals surface area (Å²) in [6.07, 6.45) is 1.95. The lowest BCUT2D eigenvalue weighted by Crippen LogP contribution is -2.41. The van der Waals surface area contributed by atoms with E-state index in [4.69, 9.17) is 0 Å². The van der Waals surface area contributed by atoms with Gasteiger partial charge in [-0.2, -0.15) is 0 Å². The SMILES string of the molecule is O=C1C(Br)CCCN1c1ccc(Br)c2ccccc12. The van der Waals surface area contributed by atoms with Crippen LogP contribution in [0.5, 0.6) is 0 Å². The summed E-state index contributed by atoms with van der Waals surface area (Å²) in [5, 5.41) is 2.26. The van der Waals surface area contributed by atoms with E-state index in [2.05, 4.69) is 44.0 Å². The number of amides is 1. The molecule has 0 radical (unpaired) electrons. The summed E-state index contributed by atoms with van der Waals surface area (Å²) in [5.74, 6) is 0.165. The van der Waals surface area contributed by atoms with Gasteiger partial charge in [-0.05, 0) is 30.4 Å². The maximum absolute atomic E-state index is 12.3. The van der Waals surface area contributed by atoms with E-state index < -0.39 is 0 Å². The number of hydrogen-bond donors (Lipinski definition) is 0. The highest BCUT2D eigenvalue weighted by Crippen LogP contribution is 2.34. The molecule has 0 aromatic heterocycles. The number of halogens is 2. The van der Waals surface area contributed by atoms with E-state index in [1.54, 1.807) is 0 Å². The van der Waals surface area contributed by atoms with Gasteiger partial charge in [0.25, 0.3) is 0 Å². The number of hydrogen-bond acceptors (Lipinski definition) is 1. The van der Waals surface area contributed by atoms with E-state index in [-0.39, 0.29) is 10.7 Å². The fourth-order valence-corrected chi connectivity index (χ4v) is 3.60. The summed E-state index contributed by atoms with van der Waals surface area (Å²) in [6.45, 7) is 0.798. The summed E-state index contributed by atoms with van der Waals surface area (Å²) >= 11 is 7.04. The average Bonchev–Trinajstić information content (AvgIpc) is 2.43. The van der Waals surface area contributed by atoms with Gasteiger partial charge in [0.15, 0.2) is 0 Å². The van der Waals surface area contributed by atoms with E-state index in [0.29, 0.717) is 0 Å². The molecule has 2 aromatic rings. The van der Waals surface area contributed by atoms with Gasteiger partial charge in [-0.25, -0.2) is 0 Å². The van der Waals surface area contributed by atoms with Crippen molar-refractivity contribution in [2.45, 2.75) is 17.7 Å². The summed E-state index contributed by atoms with van der Waals surface area (Å²) in [5.41, 5.74) is 1.01. The monoisotopic (exact) mass is 381 g/mol. The minimum atomic E-state index is -0.0522. The third-order valence-electron chi connectivity index (χ3n) is 3.51. The Morgan fingerprint density at radius 2 is 1.84 bits per heavy atom. The van der Waals surface area contributed by atoms with Crippen molar-refractivity contribution in [3.8, 4) is 0 Å². The number of anilines is 1. The van der Waals surface area contributed by atoms with Crippen LogP contribution in [0.1, 0.15) is 12.8 Å². The molecule has 19 heavy (non-hydrogen) atoms. The zero-order valence-electron chi connectivity index (χ0n) is 10.3. The molecule has 0 spiro atoms. The lowest BCUT2D eigenvalue weighted by molar-refractivity contribution is -0.118. The molecule has 4 heteroatoms. The first kappa shape index (κ1) is 13.1. The topological polar surface area (TPSA) is 20.3 Å². The van der Waals surface area contributed by atoms with Crippen LogP contribution in [0.3, 0.4) is 0 Å². The van der Waals surface area contributed by atoms with E-state index >= 15 is 0 Å². The molecular formula is C15H13Br2NO. The van der Waals surface area contributed by atoms with E-state index in [1.165, 1.54) is 0 Å². The Morgan fingerprint density at radius 3 is 2.63 bits per heavy atom. The second-order valence-corrected chi connectivity index (χ2v) is 6.67. The molecule has 1 amide bonds. The molecule has 0 aliphatic carbocycles. The molecule has 1 saturated heterocycles. The van der Waals surface area contributed by atoms with Gasteiger partial charge in [-0.15, -0.1) is 0 Å². The Morgan fingerprint density at radius 1 is 1.11 bits per heavy atom. The molecule has 0 saturated carbocycles. The van der Waals surface area contributed by atoms with Gasteiger partial charge in [0.2, 0.25) is 5.91 Å². The number of carbonyl (C=O) groups excluding carboxylic acids is 1.